The van der Waals surface area contributed by atoms with Crippen LogP contribution in [-0.2, 0) is 32.4 Å². The molecule has 2 aromatic rings. The molecule has 1 saturated carbocycles. The van der Waals surface area contributed by atoms with E-state index < -0.39 is 56.8 Å². The van der Waals surface area contributed by atoms with Gasteiger partial charge in [-0.25, -0.2) is 0 Å². The highest BCUT2D eigenvalue weighted by atomic mass is 32.3. The summed E-state index contributed by atoms with van der Waals surface area (Å²) in [6, 6.07) is 5.90. The van der Waals surface area contributed by atoms with Crippen LogP contribution in [0.2, 0.25) is 0 Å². The first-order valence-electron chi connectivity index (χ1n) is 16.5. The van der Waals surface area contributed by atoms with Crippen molar-refractivity contribution in [2.24, 2.45) is 0 Å². The van der Waals surface area contributed by atoms with Crippen LogP contribution < -0.4 is 9.47 Å². The molecule has 10 rings (SSSR count). The van der Waals surface area contributed by atoms with E-state index in [9.17, 15) is 35.1 Å². The molecular formula is C34H38N2O13S. The fraction of sp³-hybridized carbons (Fsp3) is 0.529. The Labute approximate surface area is 286 Å². The van der Waals surface area contributed by atoms with Crippen molar-refractivity contribution < 1.29 is 62.1 Å². The van der Waals surface area contributed by atoms with E-state index in [2.05, 4.69) is 4.90 Å². The predicted molar refractivity (Wildman–Crippen MR) is 172 cm³/mol. The second-order valence-electron chi connectivity index (χ2n) is 14.7. The van der Waals surface area contributed by atoms with Gasteiger partial charge in [0.25, 0.3) is 0 Å². The molecule has 0 aromatic heterocycles. The van der Waals surface area contributed by atoms with Crippen molar-refractivity contribution in [2.75, 3.05) is 27.2 Å². The van der Waals surface area contributed by atoms with Gasteiger partial charge in [-0.05, 0) is 76.6 Å². The number of nitrogens with zero attached hydrogens (tertiary/aromatic N) is 2. The Morgan fingerprint density at radius 3 is 2.18 bits per heavy atom. The number of aromatic hydroxyl groups is 2. The lowest BCUT2D eigenvalue weighted by molar-refractivity contribution is -0.185. The molecule has 8 aliphatic rings. The SMILES string of the molecule is CN1CC[C@]23c4c5ccc(O)c4O[C@H]2C(=O)CC[C@@]3(O)[C@H]1C5.CN1CC[C@]23c4c5ccc(O)c4O[C@H]2[C@@H](O)C=C[C@@]3(O)[C@H]1C5=O.O=S(=O)(O)O. The molecule has 4 aliphatic heterocycles. The lowest BCUT2D eigenvalue weighted by Crippen LogP contribution is -2.76. The van der Waals surface area contributed by atoms with Crippen LogP contribution in [0.25, 0.3) is 0 Å². The molecule has 268 valence electrons. The van der Waals surface area contributed by atoms with Gasteiger partial charge < -0.3 is 39.9 Å². The second-order valence-corrected chi connectivity index (χ2v) is 15.6. The summed E-state index contributed by atoms with van der Waals surface area (Å²) in [5, 5.41) is 54.0. The highest BCUT2D eigenvalue weighted by molar-refractivity contribution is 7.79. The minimum absolute atomic E-state index is 0.00319. The van der Waals surface area contributed by atoms with Crippen LogP contribution in [0.15, 0.2) is 36.4 Å². The number of benzene rings is 2. The van der Waals surface area contributed by atoms with Crippen LogP contribution in [0, 0.1) is 0 Å². The summed E-state index contributed by atoms with van der Waals surface area (Å²) in [4.78, 5) is 29.6. The van der Waals surface area contributed by atoms with E-state index in [4.69, 9.17) is 27.0 Å². The van der Waals surface area contributed by atoms with Crippen molar-refractivity contribution in [1.29, 1.82) is 0 Å². The van der Waals surface area contributed by atoms with Crippen molar-refractivity contribution in [3.05, 3.63) is 58.7 Å². The largest absolute Gasteiger partial charge is 0.504 e. The number of phenols is 2. The number of rotatable bonds is 0. The number of likely N-dealkylation sites (N-methyl/N-ethyl adjacent to an activating group) is 2. The first-order chi connectivity index (χ1) is 23.4. The number of Topliss-reactive ketones (excluding diaryl/α,β-unsaturated/α-hetero) is 2. The monoisotopic (exact) mass is 714 g/mol. The molecule has 0 amide bonds. The third kappa shape index (κ3) is 4.01. The fourth-order valence-electron chi connectivity index (χ4n) is 10.7. The molecule has 7 N–H and O–H groups in total. The van der Waals surface area contributed by atoms with Gasteiger partial charge in [0.1, 0.15) is 23.9 Å². The van der Waals surface area contributed by atoms with E-state index >= 15 is 0 Å². The third-order valence-corrected chi connectivity index (χ3v) is 12.6. The molecule has 4 aliphatic carbocycles. The average molecular weight is 715 g/mol. The molecule has 3 fully saturated rings. The summed E-state index contributed by atoms with van der Waals surface area (Å²) in [5.41, 5.74) is -0.954. The molecule has 2 aromatic carbocycles. The lowest BCUT2D eigenvalue weighted by Gasteiger charge is -2.61. The standard InChI is InChI=1S/C17H17NO5.C17H19NO4.H2O4S/c1-18-7-6-16-11-8-2-3-9(19)13(11)23-15(16)10(20)4-5-17(16,22)14(18)12(8)21;1-18-7-6-16-13-9-2-3-10(19)14(13)22-15(16)11(20)4-5-17(16,21)12(18)8-9;1-5(2,3)4/h2-5,10,14-15,19-20,22H,6-7H2,1H3;2-3,12,15,19,21H,4-8H2,1H3;(H2,1,2,3,4)/t10-,14+,15-,16-,17+;12-,15+,16+,17-;/m01./s1. The number of phenolic OH excluding ortho intramolecular Hbond substituents is 2. The molecular weight excluding hydrogens is 676 g/mol. The summed E-state index contributed by atoms with van der Waals surface area (Å²) < 4.78 is 43.4. The lowest BCUT2D eigenvalue weighted by atomic mass is 9.49. The van der Waals surface area contributed by atoms with E-state index in [1.807, 2.05) is 25.1 Å². The van der Waals surface area contributed by atoms with Gasteiger partial charge in [0.2, 0.25) is 0 Å². The van der Waals surface area contributed by atoms with E-state index in [-0.39, 0.29) is 34.9 Å². The van der Waals surface area contributed by atoms with E-state index in [1.54, 1.807) is 18.2 Å². The first kappa shape index (κ1) is 33.5. The number of aliphatic hydroxyl groups is 3. The van der Waals surface area contributed by atoms with Crippen molar-refractivity contribution in [2.45, 2.75) is 84.5 Å². The maximum Gasteiger partial charge on any atom is 0.394 e. The summed E-state index contributed by atoms with van der Waals surface area (Å²) in [6.45, 7) is 1.43. The minimum Gasteiger partial charge on any atom is -0.504 e. The van der Waals surface area contributed by atoms with Gasteiger partial charge in [0, 0.05) is 29.2 Å². The van der Waals surface area contributed by atoms with Crippen LogP contribution in [0.1, 0.15) is 52.7 Å². The minimum atomic E-state index is -4.67. The number of hydrogen-bond donors (Lipinski definition) is 7. The highest BCUT2D eigenvalue weighted by Crippen LogP contribution is 2.65. The molecule has 4 bridgehead atoms. The van der Waals surface area contributed by atoms with Crippen LogP contribution >= 0.6 is 0 Å². The Kier molecular flexibility index (Phi) is 7.03. The van der Waals surface area contributed by atoms with Gasteiger partial charge in [0.15, 0.2) is 40.7 Å². The van der Waals surface area contributed by atoms with Gasteiger partial charge in [-0.1, -0.05) is 18.2 Å². The Hall–Kier alpha value is -3.61. The van der Waals surface area contributed by atoms with Gasteiger partial charge in [-0.3, -0.25) is 23.6 Å². The van der Waals surface area contributed by atoms with Gasteiger partial charge >= 0.3 is 10.4 Å². The number of carbonyl (C=O) groups excluding carboxylic acids is 2. The summed E-state index contributed by atoms with van der Waals surface area (Å²) in [7, 11) is -0.799. The molecule has 0 unspecified atom stereocenters. The highest BCUT2D eigenvalue weighted by Gasteiger charge is 2.74. The maximum absolute atomic E-state index is 13.0. The first-order valence-corrected chi connectivity index (χ1v) is 17.8. The molecule has 0 radical (unpaired) electrons. The summed E-state index contributed by atoms with van der Waals surface area (Å²) in [6.07, 6.45) is 3.60. The zero-order valence-corrected chi connectivity index (χ0v) is 28.0. The Morgan fingerprint density at radius 1 is 0.860 bits per heavy atom. The van der Waals surface area contributed by atoms with Gasteiger partial charge in [0.05, 0.1) is 16.4 Å². The second kappa shape index (κ2) is 10.5. The fourth-order valence-corrected chi connectivity index (χ4v) is 10.7. The molecule has 4 heterocycles. The van der Waals surface area contributed by atoms with Crippen molar-refractivity contribution in [3.63, 3.8) is 0 Å². The van der Waals surface area contributed by atoms with Crippen molar-refractivity contribution >= 4 is 22.0 Å². The van der Waals surface area contributed by atoms with E-state index in [0.717, 1.165) is 24.1 Å². The molecule has 16 heteroatoms. The molecule has 2 spiro atoms. The topological polar surface area (TPSA) is 235 Å². The van der Waals surface area contributed by atoms with Crippen molar-refractivity contribution in [3.8, 4) is 23.0 Å². The maximum atomic E-state index is 13.0. The normalized spacial score (nSPS) is 39.5. The third-order valence-electron chi connectivity index (χ3n) is 12.6. The zero-order valence-electron chi connectivity index (χ0n) is 27.2. The van der Waals surface area contributed by atoms with E-state index in [1.165, 1.54) is 12.1 Å². The number of carbonyl (C=O) groups is 2. The van der Waals surface area contributed by atoms with Crippen LogP contribution in [0.4, 0.5) is 0 Å². The van der Waals surface area contributed by atoms with Crippen LogP contribution in [0.5, 0.6) is 23.0 Å². The van der Waals surface area contributed by atoms with E-state index in [0.29, 0.717) is 49.1 Å². The molecule has 2 saturated heterocycles. The zero-order chi connectivity index (χ0) is 35.9. The number of hydrogen-bond acceptors (Lipinski definition) is 13. The quantitative estimate of drug-likeness (QED) is 0.141. The van der Waals surface area contributed by atoms with Crippen LogP contribution in [-0.4, -0.2) is 133 Å². The number of ether oxygens (including phenoxy) is 2. The Bertz CT molecular complexity index is 2000. The molecule has 9 atom stereocenters. The van der Waals surface area contributed by atoms with Gasteiger partial charge in [-0.2, -0.15) is 8.42 Å². The number of aliphatic hydroxyl groups excluding tert-OH is 1. The number of piperidine rings is 2. The number of likely N-dealkylation sites (tertiary alicyclic amines) is 2. The van der Waals surface area contributed by atoms with Gasteiger partial charge in [-0.15, -0.1) is 0 Å². The average Bonchev–Trinajstić information content (AvgIpc) is 3.59. The molecule has 50 heavy (non-hydrogen) atoms. The Morgan fingerprint density at radius 2 is 1.48 bits per heavy atom. The smallest absolute Gasteiger partial charge is 0.394 e. The summed E-state index contributed by atoms with van der Waals surface area (Å²) >= 11 is 0. The van der Waals surface area contributed by atoms with Crippen molar-refractivity contribution in [1.82, 2.24) is 9.80 Å². The predicted octanol–water partition coefficient (Wildman–Crippen LogP) is 0.0456. The molecule has 15 nitrogen and oxygen atoms in total. The summed E-state index contributed by atoms with van der Waals surface area (Å²) in [5.74, 6) is 0.551. The van der Waals surface area contributed by atoms with Crippen LogP contribution in [0.3, 0.4) is 0 Å². The number of ketones is 2. The Balaban J connectivity index is 0.000000128.